The van der Waals surface area contributed by atoms with Crippen molar-refractivity contribution in [3.63, 3.8) is 0 Å². The van der Waals surface area contributed by atoms with E-state index >= 15 is 0 Å². The summed E-state index contributed by atoms with van der Waals surface area (Å²) >= 11 is 5.96. The molecule has 0 fully saturated rings. The van der Waals surface area contributed by atoms with Gasteiger partial charge in [-0.05, 0) is 56.7 Å². The van der Waals surface area contributed by atoms with Crippen molar-refractivity contribution in [1.82, 2.24) is 19.6 Å². The smallest absolute Gasteiger partial charge is 0.184 e. The van der Waals surface area contributed by atoms with Crippen LogP contribution in [-0.4, -0.2) is 19.6 Å². The van der Waals surface area contributed by atoms with Gasteiger partial charge in [0, 0.05) is 28.2 Å². The molecule has 0 amide bonds. The highest BCUT2D eigenvalue weighted by molar-refractivity contribution is 6.30. The summed E-state index contributed by atoms with van der Waals surface area (Å²) in [6.45, 7) is 6.01. The lowest BCUT2D eigenvalue weighted by Gasteiger charge is -2.09. The zero-order chi connectivity index (χ0) is 16.8. The number of fused-ring (bicyclic) bond motifs is 3. The first kappa shape index (κ1) is 14.9. The Morgan fingerprint density at radius 3 is 2.42 bits per heavy atom. The predicted molar refractivity (Wildman–Crippen MR) is 97.2 cm³/mol. The van der Waals surface area contributed by atoms with Crippen LogP contribution in [0.5, 0.6) is 0 Å². The van der Waals surface area contributed by atoms with Crippen LogP contribution in [0.25, 0.3) is 16.7 Å². The van der Waals surface area contributed by atoms with Crippen LogP contribution in [-0.2, 0) is 0 Å². The van der Waals surface area contributed by atoms with Gasteiger partial charge in [-0.2, -0.15) is 4.52 Å². The third-order valence-electron chi connectivity index (χ3n) is 3.92. The lowest BCUT2D eigenvalue weighted by Crippen LogP contribution is -2.02. The van der Waals surface area contributed by atoms with E-state index in [2.05, 4.69) is 33.4 Å². The maximum atomic E-state index is 5.96. The number of benzene rings is 1. The summed E-state index contributed by atoms with van der Waals surface area (Å²) in [5.41, 5.74) is 5.46. The van der Waals surface area contributed by atoms with Crippen LogP contribution >= 0.6 is 11.6 Å². The van der Waals surface area contributed by atoms with Crippen LogP contribution in [0.4, 0.5) is 11.5 Å². The van der Waals surface area contributed by atoms with E-state index in [9.17, 15) is 0 Å². The van der Waals surface area contributed by atoms with E-state index in [0.29, 0.717) is 10.7 Å². The predicted octanol–water partition coefficient (Wildman–Crippen LogP) is 4.60. The van der Waals surface area contributed by atoms with Crippen LogP contribution < -0.4 is 5.32 Å². The third kappa shape index (κ3) is 2.47. The van der Waals surface area contributed by atoms with Crippen LogP contribution in [0, 0.1) is 20.8 Å². The van der Waals surface area contributed by atoms with Crippen molar-refractivity contribution in [2.45, 2.75) is 20.8 Å². The van der Waals surface area contributed by atoms with Crippen molar-refractivity contribution in [2.24, 2.45) is 0 Å². The largest absolute Gasteiger partial charge is 0.340 e. The van der Waals surface area contributed by atoms with Gasteiger partial charge in [-0.25, -0.2) is 9.97 Å². The molecule has 24 heavy (non-hydrogen) atoms. The topological polar surface area (TPSA) is 55.1 Å². The van der Waals surface area contributed by atoms with Gasteiger partial charge in [-0.3, -0.25) is 0 Å². The highest BCUT2D eigenvalue weighted by Gasteiger charge is 2.14. The molecule has 0 aliphatic rings. The molecule has 120 valence electrons. The first-order chi connectivity index (χ1) is 11.5. The molecule has 0 bridgehead atoms. The molecule has 3 heterocycles. The zero-order valence-corrected chi connectivity index (χ0v) is 14.4. The van der Waals surface area contributed by atoms with Crippen molar-refractivity contribution in [1.29, 1.82) is 0 Å². The van der Waals surface area contributed by atoms with Crippen molar-refractivity contribution in [3.05, 3.63) is 58.4 Å². The molecule has 0 saturated carbocycles. The lowest BCUT2D eigenvalue weighted by molar-refractivity contribution is 0.944. The monoisotopic (exact) mass is 337 g/mol. The molecule has 1 aromatic carbocycles. The summed E-state index contributed by atoms with van der Waals surface area (Å²) in [6, 6.07) is 11.6. The van der Waals surface area contributed by atoms with E-state index in [1.54, 1.807) is 0 Å². The molecule has 1 N–H and O–H groups in total. The first-order valence-corrected chi connectivity index (χ1v) is 8.06. The minimum absolute atomic E-state index is 0.705. The summed E-state index contributed by atoms with van der Waals surface area (Å²) in [5, 5.41) is 9.72. The molecule has 3 aromatic heterocycles. The third-order valence-corrected chi connectivity index (χ3v) is 4.17. The van der Waals surface area contributed by atoms with Gasteiger partial charge >= 0.3 is 0 Å². The molecule has 4 aromatic rings. The quantitative estimate of drug-likeness (QED) is 0.580. The van der Waals surface area contributed by atoms with E-state index in [1.165, 1.54) is 0 Å². The number of hydrogen-bond acceptors (Lipinski definition) is 4. The highest BCUT2D eigenvalue weighted by Crippen LogP contribution is 2.26. The summed E-state index contributed by atoms with van der Waals surface area (Å²) in [7, 11) is 0. The fraction of sp³-hybridized carbons (Fsp3) is 0.167. The summed E-state index contributed by atoms with van der Waals surface area (Å²) in [5.74, 6) is 0.842. The number of rotatable bonds is 2. The van der Waals surface area contributed by atoms with Crippen molar-refractivity contribution in [2.75, 3.05) is 5.32 Å². The Balaban J connectivity index is 1.95. The fourth-order valence-electron chi connectivity index (χ4n) is 2.91. The van der Waals surface area contributed by atoms with Gasteiger partial charge in [0.15, 0.2) is 11.3 Å². The van der Waals surface area contributed by atoms with Gasteiger partial charge in [-0.1, -0.05) is 11.6 Å². The van der Waals surface area contributed by atoms with E-state index in [4.69, 9.17) is 11.6 Å². The number of nitrogens with one attached hydrogen (secondary N) is 1. The second-order valence-electron chi connectivity index (χ2n) is 5.93. The zero-order valence-electron chi connectivity index (χ0n) is 13.6. The molecule has 0 aliphatic carbocycles. The molecule has 5 nitrogen and oxygen atoms in total. The molecular weight excluding hydrogens is 322 g/mol. The number of nitrogens with zero attached hydrogens (tertiary/aromatic N) is 4. The van der Waals surface area contributed by atoms with Crippen molar-refractivity contribution in [3.8, 4) is 0 Å². The normalized spacial score (nSPS) is 11.3. The number of aryl methyl sites for hydroxylation is 3. The minimum Gasteiger partial charge on any atom is -0.340 e. The SMILES string of the molecule is Cc1cc(C)c2c(n1)nn1c(Nc3ccc(Cl)cc3)cc(C)nc21. The molecule has 0 saturated heterocycles. The Labute approximate surface area is 144 Å². The second-order valence-corrected chi connectivity index (χ2v) is 6.37. The van der Waals surface area contributed by atoms with Gasteiger partial charge in [-0.15, -0.1) is 5.10 Å². The Morgan fingerprint density at radius 1 is 0.958 bits per heavy atom. The molecule has 6 heteroatoms. The molecule has 4 rings (SSSR count). The molecule has 0 radical (unpaired) electrons. The maximum Gasteiger partial charge on any atom is 0.184 e. The summed E-state index contributed by atoms with van der Waals surface area (Å²) in [6.07, 6.45) is 0. The first-order valence-electron chi connectivity index (χ1n) is 7.68. The fourth-order valence-corrected chi connectivity index (χ4v) is 3.04. The Morgan fingerprint density at radius 2 is 1.67 bits per heavy atom. The number of aromatic nitrogens is 4. The van der Waals surface area contributed by atoms with Gasteiger partial charge in [0.1, 0.15) is 5.82 Å². The van der Waals surface area contributed by atoms with Crippen LogP contribution in [0.2, 0.25) is 5.02 Å². The number of pyridine rings is 1. The lowest BCUT2D eigenvalue weighted by atomic mass is 10.2. The average molecular weight is 338 g/mol. The molecule has 0 atom stereocenters. The highest BCUT2D eigenvalue weighted by atomic mass is 35.5. The molecule has 0 unspecified atom stereocenters. The van der Waals surface area contributed by atoms with E-state index < -0.39 is 0 Å². The van der Waals surface area contributed by atoms with Crippen molar-refractivity contribution >= 4 is 39.8 Å². The molecular formula is C18H16ClN5. The van der Waals surface area contributed by atoms with Crippen LogP contribution in [0.3, 0.4) is 0 Å². The Kier molecular flexibility index (Phi) is 3.39. The average Bonchev–Trinajstić information content (AvgIpc) is 2.88. The van der Waals surface area contributed by atoms with Gasteiger partial charge in [0.05, 0.1) is 5.39 Å². The second kappa shape index (κ2) is 5.46. The van der Waals surface area contributed by atoms with Gasteiger partial charge < -0.3 is 5.32 Å². The van der Waals surface area contributed by atoms with Gasteiger partial charge in [0.25, 0.3) is 0 Å². The Bertz CT molecular complexity index is 1070. The van der Waals surface area contributed by atoms with E-state index in [0.717, 1.165) is 39.5 Å². The van der Waals surface area contributed by atoms with Crippen LogP contribution in [0.15, 0.2) is 36.4 Å². The minimum atomic E-state index is 0.705. The van der Waals surface area contributed by atoms with E-state index in [-0.39, 0.29) is 0 Å². The molecule has 0 spiro atoms. The standard InChI is InChI=1S/C18H16ClN5/c1-10-8-11(2)20-17-16(10)18-21-12(3)9-15(24(18)23-17)22-14-6-4-13(19)5-7-14/h4-9,22H,1-3H3. The van der Waals surface area contributed by atoms with Crippen molar-refractivity contribution < 1.29 is 0 Å². The van der Waals surface area contributed by atoms with E-state index in [1.807, 2.05) is 48.7 Å². The molecule has 0 aliphatic heterocycles. The Hall–Kier alpha value is -2.66. The summed E-state index contributed by atoms with van der Waals surface area (Å²) < 4.78 is 1.81. The number of anilines is 2. The maximum absolute atomic E-state index is 5.96. The number of halogens is 1. The summed E-state index contributed by atoms with van der Waals surface area (Å²) in [4.78, 5) is 9.22. The van der Waals surface area contributed by atoms with Crippen LogP contribution in [0.1, 0.15) is 17.0 Å². The van der Waals surface area contributed by atoms with Gasteiger partial charge in [0.2, 0.25) is 0 Å². The number of hydrogen-bond donors (Lipinski definition) is 1.